The van der Waals surface area contributed by atoms with E-state index < -0.39 is 0 Å². The normalized spacial score (nSPS) is 18.1. The Hall–Kier alpha value is -0.180. The summed E-state index contributed by atoms with van der Waals surface area (Å²) in [7, 11) is 0. The Morgan fingerprint density at radius 2 is 2.00 bits per heavy atom. The fourth-order valence-corrected chi connectivity index (χ4v) is 1.43. The highest BCUT2D eigenvalue weighted by atomic mass is 32.2. The average Bonchev–Trinajstić information content (AvgIpc) is 2.62. The number of hydrogen-bond donors (Lipinski definition) is 1. The molecule has 1 rings (SSSR count). The van der Waals surface area contributed by atoms with Gasteiger partial charge in [-0.15, -0.1) is 0 Å². The molecule has 1 aliphatic rings. The molecule has 0 saturated heterocycles. The Balaban J connectivity index is 2.19. The van der Waals surface area contributed by atoms with Gasteiger partial charge in [0.15, 0.2) is 0 Å². The van der Waals surface area contributed by atoms with E-state index in [0.717, 1.165) is 0 Å². The van der Waals surface area contributed by atoms with E-state index in [1.807, 2.05) is 20.8 Å². The molecule has 0 heterocycles. The van der Waals surface area contributed by atoms with Crippen molar-refractivity contribution in [1.29, 1.82) is 0 Å². The maximum Gasteiger partial charge on any atom is 0.235 e. The van der Waals surface area contributed by atoms with E-state index in [4.69, 9.17) is 0 Å². The first-order chi connectivity index (χ1) is 5.00. The number of rotatable bonds is 2. The van der Waals surface area contributed by atoms with Gasteiger partial charge in [-0.25, -0.2) is 0 Å². The molecule has 2 nitrogen and oxygen atoms in total. The summed E-state index contributed by atoms with van der Waals surface area (Å²) in [5, 5.41) is 0.696. The van der Waals surface area contributed by atoms with Crippen LogP contribution in [0.15, 0.2) is 0 Å². The SMILES string of the molecule is CC(C)(C)C(=O)NSC1CC1. The number of nitrogens with one attached hydrogen (secondary N) is 1. The predicted octanol–water partition coefficient (Wildman–Crippen LogP) is 1.96. The fourth-order valence-electron chi connectivity index (χ4n) is 0.476. The first-order valence-electron chi connectivity index (χ1n) is 3.96. The van der Waals surface area contributed by atoms with Crippen molar-refractivity contribution < 1.29 is 4.79 Å². The molecule has 1 fully saturated rings. The van der Waals surface area contributed by atoms with Crippen LogP contribution in [0.4, 0.5) is 0 Å². The van der Waals surface area contributed by atoms with Gasteiger partial charge in [0, 0.05) is 10.7 Å². The van der Waals surface area contributed by atoms with Gasteiger partial charge >= 0.3 is 0 Å². The minimum Gasteiger partial charge on any atom is -0.299 e. The monoisotopic (exact) mass is 173 g/mol. The van der Waals surface area contributed by atoms with E-state index in [1.54, 1.807) is 11.9 Å². The molecule has 11 heavy (non-hydrogen) atoms. The standard InChI is InChI=1S/C8H15NOS/c1-8(2,3)7(10)9-11-6-4-5-6/h6H,4-5H2,1-3H3,(H,9,10). The van der Waals surface area contributed by atoms with Crippen molar-refractivity contribution >= 4 is 17.9 Å². The second-order valence-electron chi connectivity index (χ2n) is 4.00. The summed E-state index contributed by atoms with van der Waals surface area (Å²) in [6.07, 6.45) is 2.52. The molecule has 3 heteroatoms. The highest BCUT2D eigenvalue weighted by Crippen LogP contribution is 2.32. The zero-order valence-corrected chi connectivity index (χ0v) is 8.12. The fraction of sp³-hybridized carbons (Fsp3) is 0.875. The van der Waals surface area contributed by atoms with Gasteiger partial charge in [0.2, 0.25) is 5.91 Å². The first-order valence-corrected chi connectivity index (χ1v) is 4.84. The van der Waals surface area contributed by atoms with Crippen LogP contribution in [0.25, 0.3) is 0 Å². The van der Waals surface area contributed by atoms with Gasteiger partial charge in [-0.2, -0.15) is 0 Å². The zero-order valence-electron chi connectivity index (χ0n) is 7.31. The molecule has 0 aromatic rings. The van der Waals surface area contributed by atoms with Crippen molar-refractivity contribution in [2.45, 2.75) is 38.9 Å². The Bertz CT molecular complexity index is 158. The predicted molar refractivity (Wildman–Crippen MR) is 48.2 cm³/mol. The lowest BCUT2D eigenvalue weighted by Gasteiger charge is -2.16. The van der Waals surface area contributed by atoms with Crippen molar-refractivity contribution in [1.82, 2.24) is 4.72 Å². The van der Waals surface area contributed by atoms with E-state index in [-0.39, 0.29) is 11.3 Å². The molecular formula is C8H15NOS. The van der Waals surface area contributed by atoms with Crippen molar-refractivity contribution in [2.75, 3.05) is 0 Å². The van der Waals surface area contributed by atoms with Crippen LogP contribution >= 0.6 is 11.9 Å². The second-order valence-corrected chi connectivity index (χ2v) is 5.10. The number of hydrogen-bond acceptors (Lipinski definition) is 2. The van der Waals surface area contributed by atoms with Crippen LogP contribution in [-0.4, -0.2) is 11.2 Å². The van der Waals surface area contributed by atoms with Crippen LogP contribution < -0.4 is 4.72 Å². The maximum absolute atomic E-state index is 11.3. The summed E-state index contributed by atoms with van der Waals surface area (Å²) >= 11 is 1.58. The van der Waals surface area contributed by atoms with Crippen LogP contribution in [-0.2, 0) is 4.79 Å². The Morgan fingerprint density at radius 3 is 2.36 bits per heavy atom. The number of carbonyl (C=O) groups excluding carboxylic acids is 1. The van der Waals surface area contributed by atoms with Crippen molar-refractivity contribution in [3.8, 4) is 0 Å². The van der Waals surface area contributed by atoms with Gasteiger partial charge in [0.1, 0.15) is 0 Å². The topological polar surface area (TPSA) is 29.1 Å². The average molecular weight is 173 g/mol. The lowest BCUT2D eigenvalue weighted by Crippen LogP contribution is -2.30. The zero-order chi connectivity index (χ0) is 8.48. The van der Waals surface area contributed by atoms with Crippen LogP contribution in [0.3, 0.4) is 0 Å². The van der Waals surface area contributed by atoms with E-state index in [0.29, 0.717) is 5.25 Å². The second kappa shape index (κ2) is 3.05. The largest absolute Gasteiger partial charge is 0.299 e. The van der Waals surface area contributed by atoms with Crippen molar-refractivity contribution in [3.05, 3.63) is 0 Å². The molecule has 1 amide bonds. The van der Waals surface area contributed by atoms with Gasteiger partial charge in [0.05, 0.1) is 0 Å². The van der Waals surface area contributed by atoms with Crippen LogP contribution in [0, 0.1) is 5.41 Å². The van der Waals surface area contributed by atoms with E-state index in [1.165, 1.54) is 12.8 Å². The van der Waals surface area contributed by atoms with E-state index in [2.05, 4.69) is 4.72 Å². The quantitative estimate of drug-likeness (QED) is 0.647. The first kappa shape index (κ1) is 8.91. The van der Waals surface area contributed by atoms with Gasteiger partial charge in [-0.3, -0.25) is 9.52 Å². The van der Waals surface area contributed by atoms with Gasteiger partial charge in [-0.05, 0) is 24.8 Å². The van der Waals surface area contributed by atoms with Crippen LogP contribution in [0.5, 0.6) is 0 Å². The van der Waals surface area contributed by atoms with Crippen molar-refractivity contribution in [3.63, 3.8) is 0 Å². The van der Waals surface area contributed by atoms with Crippen molar-refractivity contribution in [2.24, 2.45) is 5.41 Å². The maximum atomic E-state index is 11.3. The molecule has 0 aliphatic heterocycles. The van der Waals surface area contributed by atoms with Gasteiger partial charge in [-0.1, -0.05) is 20.8 Å². The Kier molecular flexibility index (Phi) is 2.47. The van der Waals surface area contributed by atoms with Gasteiger partial charge in [0.25, 0.3) is 0 Å². The van der Waals surface area contributed by atoms with Gasteiger partial charge < -0.3 is 0 Å². The molecule has 1 saturated carbocycles. The van der Waals surface area contributed by atoms with Crippen LogP contribution in [0.2, 0.25) is 0 Å². The summed E-state index contributed by atoms with van der Waals surface area (Å²) in [6.45, 7) is 5.78. The third kappa shape index (κ3) is 3.14. The minimum atomic E-state index is -0.248. The van der Waals surface area contributed by atoms with Crippen LogP contribution in [0.1, 0.15) is 33.6 Å². The third-order valence-electron chi connectivity index (χ3n) is 1.52. The Labute approximate surface area is 72.3 Å². The molecule has 0 radical (unpaired) electrons. The summed E-state index contributed by atoms with van der Waals surface area (Å²) in [4.78, 5) is 11.3. The summed E-state index contributed by atoms with van der Waals surface area (Å²) < 4.78 is 2.86. The molecular weight excluding hydrogens is 158 g/mol. The molecule has 0 atom stereocenters. The smallest absolute Gasteiger partial charge is 0.235 e. The lowest BCUT2D eigenvalue weighted by atomic mass is 9.96. The number of carbonyl (C=O) groups is 1. The minimum absolute atomic E-state index is 0.134. The molecule has 0 aromatic carbocycles. The highest BCUT2D eigenvalue weighted by Gasteiger charge is 2.26. The summed E-state index contributed by atoms with van der Waals surface area (Å²) in [5.41, 5.74) is -0.248. The molecule has 64 valence electrons. The van der Waals surface area contributed by atoms with E-state index >= 15 is 0 Å². The molecule has 0 spiro atoms. The molecule has 0 bridgehead atoms. The molecule has 0 aromatic heterocycles. The van der Waals surface area contributed by atoms with E-state index in [9.17, 15) is 4.79 Å². The Morgan fingerprint density at radius 1 is 1.45 bits per heavy atom. The third-order valence-corrected chi connectivity index (χ3v) is 2.63. The summed E-state index contributed by atoms with van der Waals surface area (Å²) in [5.74, 6) is 0.134. The summed E-state index contributed by atoms with van der Waals surface area (Å²) in [6, 6.07) is 0. The molecule has 0 unspecified atom stereocenters. The molecule has 1 aliphatic carbocycles. The lowest BCUT2D eigenvalue weighted by molar-refractivity contribution is -0.126. The highest BCUT2D eigenvalue weighted by molar-refractivity contribution is 7.98. The molecule has 1 N–H and O–H groups in total. The number of amides is 1.